The Morgan fingerprint density at radius 3 is 2.59 bits per heavy atom. The van der Waals surface area contributed by atoms with Crippen molar-refractivity contribution in [3.63, 3.8) is 0 Å². The number of nitrogens with zero attached hydrogens (tertiary/aromatic N) is 3. The quantitative estimate of drug-likeness (QED) is 0.514. The van der Waals surface area contributed by atoms with Crippen LogP contribution >= 0.6 is 0 Å². The number of rotatable bonds is 5. The number of carbonyl (C=O) groups is 1. The van der Waals surface area contributed by atoms with Crippen molar-refractivity contribution in [3.05, 3.63) is 47.4 Å². The molecule has 3 N–H and O–H groups in total. The highest BCUT2D eigenvalue weighted by molar-refractivity contribution is 5.93. The number of ether oxygens (including phenoxy) is 2. The van der Waals surface area contributed by atoms with Crippen molar-refractivity contribution in [2.45, 2.75) is 77.0 Å². The van der Waals surface area contributed by atoms with Crippen LogP contribution in [-0.2, 0) is 10.3 Å². The van der Waals surface area contributed by atoms with Crippen LogP contribution < -0.4 is 15.8 Å². The number of anilines is 2. The largest absolute Gasteiger partial charge is 0.474 e. The fraction of sp³-hybridized carbons (Fsp3) is 0.462. The molecule has 0 bridgehead atoms. The van der Waals surface area contributed by atoms with Crippen molar-refractivity contribution in [1.82, 2.24) is 15.0 Å². The Bertz CT molecular complexity index is 1250. The van der Waals surface area contributed by atoms with E-state index in [1.165, 1.54) is 12.8 Å². The number of hydrogen-bond acceptors (Lipinski definition) is 8. The van der Waals surface area contributed by atoms with Gasteiger partial charge in [0.15, 0.2) is 0 Å². The normalized spacial score (nSPS) is 20.8. The fourth-order valence-electron chi connectivity index (χ4n) is 4.70. The summed E-state index contributed by atoms with van der Waals surface area (Å²) in [5.74, 6) is 1.51. The number of hydrogen-bond donors (Lipinski definition) is 2. The van der Waals surface area contributed by atoms with Crippen molar-refractivity contribution in [1.29, 1.82) is 0 Å². The molecule has 5 rings (SSSR count). The molecule has 0 radical (unpaired) electrons. The van der Waals surface area contributed by atoms with E-state index in [0.717, 1.165) is 34.9 Å². The van der Waals surface area contributed by atoms with Crippen molar-refractivity contribution in [2.75, 3.05) is 5.32 Å². The third-order valence-electron chi connectivity index (χ3n) is 6.84. The maximum atomic E-state index is 12.2. The zero-order valence-corrected chi connectivity index (χ0v) is 20.1. The van der Waals surface area contributed by atoms with Crippen molar-refractivity contribution >= 4 is 28.4 Å². The van der Waals surface area contributed by atoms with Gasteiger partial charge in [-0.2, -0.15) is 0 Å². The molecule has 0 spiro atoms. The van der Waals surface area contributed by atoms with E-state index in [2.05, 4.69) is 15.3 Å². The highest BCUT2D eigenvalue weighted by Crippen LogP contribution is 2.35. The van der Waals surface area contributed by atoms with Gasteiger partial charge in [-0.3, -0.25) is 0 Å². The van der Waals surface area contributed by atoms with Gasteiger partial charge in [0.05, 0.1) is 16.6 Å². The van der Waals surface area contributed by atoms with Crippen LogP contribution in [0.2, 0.25) is 0 Å². The molecule has 3 aromatic rings. The van der Waals surface area contributed by atoms with Crippen LogP contribution in [0.15, 0.2) is 30.6 Å². The molecule has 4 heterocycles. The van der Waals surface area contributed by atoms with Crippen LogP contribution in [0, 0.1) is 0 Å². The molecule has 34 heavy (non-hydrogen) atoms. The summed E-state index contributed by atoms with van der Waals surface area (Å²) in [5, 5.41) is 5.08. The van der Waals surface area contributed by atoms with Gasteiger partial charge in [-0.1, -0.05) is 6.92 Å². The molecule has 3 aromatic heterocycles. The number of carbonyl (C=O) groups excluding carboxylic acids is 1. The van der Waals surface area contributed by atoms with Gasteiger partial charge in [-0.05, 0) is 75.6 Å². The third kappa shape index (κ3) is 4.18. The molecule has 1 saturated carbocycles. The van der Waals surface area contributed by atoms with Gasteiger partial charge in [0.25, 0.3) is 0 Å². The molecule has 1 aliphatic carbocycles. The zero-order valence-electron chi connectivity index (χ0n) is 20.1. The molecule has 178 valence electrons. The summed E-state index contributed by atoms with van der Waals surface area (Å²) in [6, 6.07) is 5.48. The molecule has 0 amide bonds. The Hall–Kier alpha value is -3.26. The minimum Gasteiger partial charge on any atom is -0.474 e. The molecule has 1 aliphatic heterocycles. The minimum absolute atomic E-state index is 0.00465. The average Bonchev–Trinajstić information content (AvgIpc) is 3.30. The standard InChI is InChI=1S/C26H31N5O3/c1-14-15(2)33-25(32)17-9-10-21(31-23(14)17)30-22-11-18-19(12-28-22)24(34-16-7-5-6-8-16)29-13-20(18)26(3,4)27/h9-16H,5-8,27H2,1-4H3,(H,28,30,31)/t14-,15-/m0/s1. The summed E-state index contributed by atoms with van der Waals surface area (Å²) >= 11 is 0. The first-order valence-corrected chi connectivity index (χ1v) is 11.9. The fourth-order valence-corrected chi connectivity index (χ4v) is 4.70. The Labute approximate surface area is 199 Å². The maximum absolute atomic E-state index is 12.2. The van der Waals surface area contributed by atoms with Gasteiger partial charge >= 0.3 is 5.97 Å². The van der Waals surface area contributed by atoms with E-state index in [9.17, 15) is 4.79 Å². The smallest absolute Gasteiger partial charge is 0.340 e. The number of aromatic nitrogens is 3. The molecule has 2 aliphatic rings. The molecule has 0 aromatic carbocycles. The Balaban J connectivity index is 1.51. The first kappa shape index (κ1) is 22.5. The second kappa shape index (κ2) is 8.51. The van der Waals surface area contributed by atoms with Crippen molar-refractivity contribution in [3.8, 4) is 5.88 Å². The first-order valence-electron chi connectivity index (χ1n) is 11.9. The summed E-state index contributed by atoms with van der Waals surface area (Å²) < 4.78 is 11.6. The third-order valence-corrected chi connectivity index (χ3v) is 6.84. The molecular weight excluding hydrogens is 430 g/mol. The second-order valence-corrected chi connectivity index (χ2v) is 9.99. The maximum Gasteiger partial charge on any atom is 0.340 e. The highest BCUT2D eigenvalue weighted by atomic mass is 16.5. The van der Waals surface area contributed by atoms with Crippen LogP contribution in [0.4, 0.5) is 11.6 Å². The van der Waals surface area contributed by atoms with E-state index in [-0.39, 0.29) is 24.1 Å². The summed E-state index contributed by atoms with van der Waals surface area (Å²) in [4.78, 5) is 26.2. The number of cyclic esters (lactones) is 1. The SMILES string of the molecule is C[C@@H]1OC(=O)c2ccc(Nc3cc4c(C(C)(C)N)cnc(OC5CCCC5)c4cn3)nc2[C@H]1C. The second-order valence-electron chi connectivity index (χ2n) is 9.99. The van der Waals surface area contributed by atoms with Crippen LogP contribution in [0.3, 0.4) is 0 Å². The minimum atomic E-state index is -0.592. The summed E-state index contributed by atoms with van der Waals surface area (Å²) in [6.07, 6.45) is 8.04. The van der Waals surface area contributed by atoms with Gasteiger partial charge in [0.1, 0.15) is 23.8 Å². The van der Waals surface area contributed by atoms with Gasteiger partial charge in [0.2, 0.25) is 5.88 Å². The summed E-state index contributed by atoms with van der Waals surface area (Å²) in [7, 11) is 0. The van der Waals surface area contributed by atoms with E-state index >= 15 is 0 Å². The van der Waals surface area contributed by atoms with Gasteiger partial charge in [-0.15, -0.1) is 0 Å². The molecule has 8 nitrogen and oxygen atoms in total. The van der Waals surface area contributed by atoms with E-state index in [4.69, 9.17) is 20.2 Å². The van der Waals surface area contributed by atoms with Gasteiger partial charge in [0, 0.05) is 23.9 Å². The van der Waals surface area contributed by atoms with E-state index in [1.54, 1.807) is 18.3 Å². The van der Waals surface area contributed by atoms with Gasteiger partial charge in [-0.25, -0.2) is 19.7 Å². The number of nitrogens with one attached hydrogen (secondary N) is 1. The summed E-state index contributed by atoms with van der Waals surface area (Å²) in [6.45, 7) is 7.81. The number of pyridine rings is 3. The Morgan fingerprint density at radius 2 is 1.85 bits per heavy atom. The lowest BCUT2D eigenvalue weighted by atomic mass is 9.93. The van der Waals surface area contributed by atoms with E-state index in [1.807, 2.05) is 40.0 Å². The number of esters is 1. The average molecular weight is 462 g/mol. The molecule has 0 unspecified atom stereocenters. The van der Waals surface area contributed by atoms with Crippen LogP contribution in [0.25, 0.3) is 10.8 Å². The topological polar surface area (TPSA) is 112 Å². The van der Waals surface area contributed by atoms with Crippen LogP contribution in [0.1, 0.15) is 80.9 Å². The predicted octanol–water partition coefficient (Wildman–Crippen LogP) is 4.95. The van der Waals surface area contributed by atoms with Crippen molar-refractivity contribution < 1.29 is 14.3 Å². The van der Waals surface area contributed by atoms with E-state index in [0.29, 0.717) is 23.1 Å². The van der Waals surface area contributed by atoms with Crippen LogP contribution in [-0.4, -0.2) is 33.1 Å². The van der Waals surface area contributed by atoms with E-state index < -0.39 is 5.54 Å². The van der Waals surface area contributed by atoms with Crippen LogP contribution in [0.5, 0.6) is 5.88 Å². The monoisotopic (exact) mass is 461 g/mol. The Kier molecular flexibility index (Phi) is 5.64. The zero-order chi connectivity index (χ0) is 24.0. The van der Waals surface area contributed by atoms with Gasteiger partial charge < -0.3 is 20.5 Å². The molecular formula is C26H31N5O3. The molecule has 8 heteroatoms. The molecule has 2 atom stereocenters. The lowest BCUT2D eigenvalue weighted by Gasteiger charge is -2.27. The van der Waals surface area contributed by atoms with Crippen molar-refractivity contribution in [2.24, 2.45) is 5.73 Å². The Morgan fingerprint density at radius 1 is 1.09 bits per heavy atom. The lowest BCUT2D eigenvalue weighted by molar-refractivity contribution is 0.0235. The molecule has 0 saturated heterocycles. The predicted molar refractivity (Wildman–Crippen MR) is 130 cm³/mol. The molecule has 1 fully saturated rings. The highest BCUT2D eigenvalue weighted by Gasteiger charge is 2.31. The summed E-state index contributed by atoms with van der Waals surface area (Å²) in [5.41, 5.74) is 8.04. The number of fused-ring (bicyclic) bond motifs is 2. The number of nitrogens with two attached hydrogens (primary N) is 1. The first-order chi connectivity index (χ1) is 16.2. The lowest BCUT2D eigenvalue weighted by Crippen LogP contribution is -2.29.